The van der Waals surface area contributed by atoms with Crippen LogP contribution in [-0.4, -0.2) is 16.1 Å². The maximum absolute atomic E-state index is 11.6. The highest BCUT2D eigenvalue weighted by atomic mass is 16.4. The monoisotopic (exact) mass is 313 g/mol. The van der Waals surface area contributed by atoms with Crippen LogP contribution in [0.4, 0.5) is 0 Å². The Balaban J connectivity index is 2.09. The summed E-state index contributed by atoms with van der Waals surface area (Å²) < 4.78 is 0. The molecule has 3 aromatic carbocycles. The van der Waals surface area contributed by atoms with Crippen molar-refractivity contribution in [2.75, 3.05) is 0 Å². The molecule has 1 aromatic heterocycles. The molecule has 3 heteroatoms. The van der Waals surface area contributed by atoms with Crippen molar-refractivity contribution in [1.82, 2.24) is 4.98 Å². The van der Waals surface area contributed by atoms with E-state index in [2.05, 4.69) is 11.1 Å². The summed E-state index contributed by atoms with van der Waals surface area (Å²) in [6, 6.07) is 25.2. The molecule has 0 aliphatic rings. The van der Waals surface area contributed by atoms with Gasteiger partial charge in [-0.1, -0.05) is 66.7 Å². The molecule has 0 bridgehead atoms. The van der Waals surface area contributed by atoms with Gasteiger partial charge in [0.1, 0.15) is 0 Å². The van der Waals surface area contributed by atoms with Crippen LogP contribution in [0, 0.1) is 0 Å². The lowest BCUT2D eigenvalue weighted by atomic mass is 9.96. The zero-order valence-corrected chi connectivity index (χ0v) is 12.9. The van der Waals surface area contributed by atoms with Crippen LogP contribution in [0.15, 0.2) is 78.9 Å². The Morgan fingerprint density at radius 2 is 1.46 bits per heavy atom. The zero-order chi connectivity index (χ0) is 16.5. The number of hydrogen-bond donors (Lipinski definition) is 2. The second kappa shape index (κ2) is 5.70. The van der Waals surface area contributed by atoms with Crippen LogP contribution < -0.4 is 0 Å². The number of aromatic amines is 1. The lowest BCUT2D eigenvalue weighted by Gasteiger charge is -2.08. The fraction of sp³-hybridized carbons (Fsp3) is 0. The van der Waals surface area contributed by atoms with E-state index >= 15 is 0 Å². The Kier molecular flexibility index (Phi) is 3.39. The van der Waals surface area contributed by atoms with Crippen molar-refractivity contribution >= 4 is 16.9 Å². The molecule has 0 saturated heterocycles. The second-order valence-corrected chi connectivity index (χ2v) is 5.64. The van der Waals surface area contributed by atoms with E-state index in [4.69, 9.17) is 0 Å². The minimum Gasteiger partial charge on any atom is -0.478 e. The lowest BCUT2D eigenvalue weighted by molar-refractivity contribution is 0.0697. The van der Waals surface area contributed by atoms with Gasteiger partial charge in [0.2, 0.25) is 0 Å². The highest BCUT2D eigenvalue weighted by molar-refractivity contribution is 6.07. The summed E-state index contributed by atoms with van der Waals surface area (Å²) in [7, 11) is 0. The molecule has 0 atom stereocenters. The molecule has 0 fully saturated rings. The van der Waals surface area contributed by atoms with Crippen LogP contribution in [0.3, 0.4) is 0 Å². The molecule has 0 spiro atoms. The Labute approximate surface area is 139 Å². The Morgan fingerprint density at radius 1 is 0.792 bits per heavy atom. The predicted molar refractivity (Wildman–Crippen MR) is 96.1 cm³/mol. The number of nitrogens with one attached hydrogen (secondary N) is 1. The Morgan fingerprint density at radius 3 is 2.25 bits per heavy atom. The van der Waals surface area contributed by atoms with Gasteiger partial charge in [0.25, 0.3) is 0 Å². The number of carboxylic acid groups (broad SMARTS) is 1. The fourth-order valence-corrected chi connectivity index (χ4v) is 3.14. The maximum atomic E-state index is 11.6. The standard InChI is InChI=1S/C21H15NO2/c23-21(24)16-11-5-4-10-15(16)20-19(14-8-2-1-3-9-14)17-12-6-7-13-18(17)22-20/h1-13,22H,(H,23,24). The first-order chi connectivity index (χ1) is 11.8. The third kappa shape index (κ3) is 2.27. The number of H-pyrrole nitrogens is 1. The molecule has 4 aromatic rings. The van der Waals surface area contributed by atoms with Gasteiger partial charge in [-0.15, -0.1) is 0 Å². The van der Waals surface area contributed by atoms with Crippen LogP contribution in [0.5, 0.6) is 0 Å². The van der Waals surface area contributed by atoms with Crippen LogP contribution in [-0.2, 0) is 0 Å². The quantitative estimate of drug-likeness (QED) is 0.546. The summed E-state index contributed by atoms with van der Waals surface area (Å²) >= 11 is 0. The van der Waals surface area contributed by atoms with Gasteiger partial charge in [0.15, 0.2) is 0 Å². The first kappa shape index (κ1) is 14.3. The summed E-state index contributed by atoms with van der Waals surface area (Å²) in [6.07, 6.45) is 0. The SMILES string of the molecule is O=C(O)c1ccccc1-c1[nH]c2ccccc2c1-c1ccccc1. The first-order valence-corrected chi connectivity index (χ1v) is 7.74. The first-order valence-electron chi connectivity index (χ1n) is 7.74. The van der Waals surface area contributed by atoms with Gasteiger partial charge in [0, 0.05) is 22.0 Å². The predicted octanol–water partition coefficient (Wildman–Crippen LogP) is 5.20. The third-order valence-electron chi connectivity index (χ3n) is 4.20. The van der Waals surface area contributed by atoms with Crippen molar-refractivity contribution in [3.8, 4) is 22.4 Å². The van der Waals surface area contributed by atoms with Gasteiger partial charge in [-0.3, -0.25) is 0 Å². The summed E-state index contributed by atoms with van der Waals surface area (Å²) in [5.74, 6) is -0.928. The van der Waals surface area contributed by atoms with E-state index in [1.54, 1.807) is 12.1 Å². The molecule has 0 radical (unpaired) electrons. The number of rotatable bonds is 3. The molecular formula is C21H15NO2. The molecule has 1 heterocycles. The molecule has 3 nitrogen and oxygen atoms in total. The zero-order valence-electron chi connectivity index (χ0n) is 12.9. The van der Waals surface area contributed by atoms with Crippen molar-refractivity contribution in [1.29, 1.82) is 0 Å². The molecule has 24 heavy (non-hydrogen) atoms. The second-order valence-electron chi connectivity index (χ2n) is 5.64. The van der Waals surface area contributed by atoms with E-state index in [1.165, 1.54) is 0 Å². The van der Waals surface area contributed by atoms with Gasteiger partial charge in [0.05, 0.1) is 11.3 Å². The van der Waals surface area contributed by atoms with E-state index in [0.717, 1.165) is 27.7 Å². The van der Waals surface area contributed by atoms with E-state index in [1.807, 2.05) is 60.7 Å². The molecule has 2 N–H and O–H groups in total. The Hall–Kier alpha value is -3.33. The smallest absolute Gasteiger partial charge is 0.336 e. The minimum atomic E-state index is -0.928. The number of aromatic carboxylic acids is 1. The van der Waals surface area contributed by atoms with Crippen LogP contribution in [0.25, 0.3) is 33.3 Å². The molecule has 116 valence electrons. The van der Waals surface area contributed by atoms with E-state index in [9.17, 15) is 9.90 Å². The summed E-state index contributed by atoms with van der Waals surface area (Å²) in [4.78, 5) is 15.1. The number of aromatic nitrogens is 1. The normalized spacial score (nSPS) is 10.8. The van der Waals surface area contributed by atoms with Gasteiger partial charge in [-0.05, 0) is 17.7 Å². The van der Waals surface area contributed by atoms with Crippen molar-refractivity contribution in [2.24, 2.45) is 0 Å². The van der Waals surface area contributed by atoms with Gasteiger partial charge < -0.3 is 10.1 Å². The molecule has 0 aliphatic heterocycles. The van der Waals surface area contributed by atoms with Crippen LogP contribution in [0.1, 0.15) is 10.4 Å². The molecular weight excluding hydrogens is 298 g/mol. The van der Waals surface area contributed by atoms with Gasteiger partial charge in [-0.25, -0.2) is 4.79 Å². The average Bonchev–Trinajstić information content (AvgIpc) is 3.01. The topological polar surface area (TPSA) is 53.1 Å². The summed E-state index contributed by atoms with van der Waals surface area (Å²) in [5.41, 5.74) is 4.90. The molecule has 0 aliphatic carbocycles. The molecule has 0 saturated carbocycles. The summed E-state index contributed by atoms with van der Waals surface area (Å²) in [6.45, 7) is 0. The summed E-state index contributed by atoms with van der Waals surface area (Å²) in [5, 5.41) is 10.6. The van der Waals surface area contributed by atoms with Gasteiger partial charge >= 0.3 is 5.97 Å². The number of hydrogen-bond acceptors (Lipinski definition) is 1. The lowest BCUT2D eigenvalue weighted by Crippen LogP contribution is -1.99. The highest BCUT2D eigenvalue weighted by Gasteiger charge is 2.19. The Bertz CT molecular complexity index is 1030. The number of carboxylic acids is 1. The van der Waals surface area contributed by atoms with E-state index in [-0.39, 0.29) is 0 Å². The van der Waals surface area contributed by atoms with Crippen molar-refractivity contribution in [2.45, 2.75) is 0 Å². The number of fused-ring (bicyclic) bond motifs is 1. The van der Waals surface area contributed by atoms with E-state index in [0.29, 0.717) is 11.1 Å². The average molecular weight is 313 g/mol. The largest absolute Gasteiger partial charge is 0.478 e. The van der Waals surface area contributed by atoms with Crippen LogP contribution >= 0.6 is 0 Å². The van der Waals surface area contributed by atoms with Crippen LogP contribution in [0.2, 0.25) is 0 Å². The van der Waals surface area contributed by atoms with Crippen molar-refractivity contribution < 1.29 is 9.90 Å². The molecule has 0 unspecified atom stereocenters. The number of carbonyl (C=O) groups is 1. The maximum Gasteiger partial charge on any atom is 0.336 e. The third-order valence-corrected chi connectivity index (χ3v) is 4.20. The minimum absolute atomic E-state index is 0.293. The molecule has 0 amide bonds. The molecule has 4 rings (SSSR count). The fourth-order valence-electron chi connectivity index (χ4n) is 3.14. The van der Waals surface area contributed by atoms with Gasteiger partial charge in [-0.2, -0.15) is 0 Å². The number of para-hydroxylation sites is 1. The van der Waals surface area contributed by atoms with Crippen molar-refractivity contribution in [3.05, 3.63) is 84.4 Å². The number of benzene rings is 3. The highest BCUT2D eigenvalue weighted by Crippen LogP contribution is 2.39. The van der Waals surface area contributed by atoms with E-state index < -0.39 is 5.97 Å². The van der Waals surface area contributed by atoms with Crippen molar-refractivity contribution in [3.63, 3.8) is 0 Å².